The summed E-state index contributed by atoms with van der Waals surface area (Å²) in [5.74, 6) is -1.44. The monoisotopic (exact) mass is 267 g/mol. The highest BCUT2D eigenvalue weighted by atomic mass is 16.5. The van der Waals surface area contributed by atoms with E-state index in [1.165, 1.54) is 24.1 Å². The Morgan fingerprint density at radius 3 is 2.16 bits per heavy atom. The predicted octanol–water partition coefficient (Wildman–Crippen LogP) is 1.12. The van der Waals surface area contributed by atoms with Gasteiger partial charge in [-0.25, -0.2) is 0 Å². The summed E-state index contributed by atoms with van der Waals surface area (Å²) in [6.45, 7) is 3.32. The number of methoxy groups -OCH3 is 1. The number of nitrogens with zero attached hydrogens (tertiary/aromatic N) is 1. The molecule has 0 heterocycles. The van der Waals surface area contributed by atoms with Gasteiger partial charge in [0.25, 0.3) is 5.91 Å². The molecular formula is C13H17NO5. The van der Waals surface area contributed by atoms with Gasteiger partial charge in [0.2, 0.25) is 0 Å². The summed E-state index contributed by atoms with van der Waals surface area (Å²) in [6.07, 6.45) is 0. The first-order valence-electron chi connectivity index (χ1n) is 5.76. The molecule has 6 nitrogen and oxygen atoms in total. The van der Waals surface area contributed by atoms with Gasteiger partial charge in [-0.05, 0) is 26.0 Å². The van der Waals surface area contributed by atoms with Gasteiger partial charge in [0.1, 0.15) is 18.0 Å². The second kappa shape index (κ2) is 6.08. The zero-order valence-corrected chi connectivity index (χ0v) is 11.1. The van der Waals surface area contributed by atoms with Gasteiger partial charge in [-0.1, -0.05) is 0 Å². The van der Waals surface area contributed by atoms with E-state index in [9.17, 15) is 19.8 Å². The van der Waals surface area contributed by atoms with Gasteiger partial charge >= 0.3 is 5.97 Å². The van der Waals surface area contributed by atoms with Crippen molar-refractivity contribution >= 4 is 11.9 Å². The van der Waals surface area contributed by atoms with Gasteiger partial charge < -0.3 is 19.8 Å². The quantitative estimate of drug-likeness (QED) is 0.798. The van der Waals surface area contributed by atoms with Crippen molar-refractivity contribution in [1.82, 2.24) is 4.90 Å². The second-order valence-electron chi connectivity index (χ2n) is 4.34. The molecule has 0 spiro atoms. The van der Waals surface area contributed by atoms with E-state index in [0.717, 1.165) is 6.07 Å². The molecule has 104 valence electrons. The van der Waals surface area contributed by atoms with E-state index >= 15 is 0 Å². The number of phenols is 2. The molecule has 0 aliphatic carbocycles. The zero-order chi connectivity index (χ0) is 14.6. The van der Waals surface area contributed by atoms with Gasteiger partial charge in [0.15, 0.2) is 0 Å². The van der Waals surface area contributed by atoms with E-state index < -0.39 is 11.9 Å². The minimum Gasteiger partial charge on any atom is -0.508 e. The lowest BCUT2D eigenvalue weighted by molar-refractivity contribution is -0.141. The number of phenolic OH excluding ortho intramolecular Hbond substituents is 2. The third kappa shape index (κ3) is 3.87. The fourth-order valence-corrected chi connectivity index (χ4v) is 1.58. The summed E-state index contributed by atoms with van der Waals surface area (Å²) in [7, 11) is 1.24. The zero-order valence-electron chi connectivity index (χ0n) is 11.1. The number of carbonyl (C=O) groups excluding carboxylic acids is 2. The Kier molecular flexibility index (Phi) is 4.74. The smallest absolute Gasteiger partial charge is 0.325 e. The molecule has 1 aromatic rings. The molecule has 0 unspecified atom stereocenters. The van der Waals surface area contributed by atoms with Crippen molar-refractivity contribution in [3.63, 3.8) is 0 Å². The van der Waals surface area contributed by atoms with Crippen LogP contribution in [0.2, 0.25) is 0 Å². The fourth-order valence-electron chi connectivity index (χ4n) is 1.58. The molecular weight excluding hydrogens is 250 g/mol. The average Bonchev–Trinajstić information content (AvgIpc) is 2.33. The Morgan fingerprint density at radius 2 is 1.74 bits per heavy atom. The van der Waals surface area contributed by atoms with Crippen molar-refractivity contribution < 1.29 is 24.5 Å². The van der Waals surface area contributed by atoms with E-state index in [-0.39, 0.29) is 29.6 Å². The first kappa shape index (κ1) is 14.8. The lowest BCUT2D eigenvalue weighted by atomic mass is 10.1. The van der Waals surface area contributed by atoms with E-state index in [1.54, 1.807) is 13.8 Å². The number of carbonyl (C=O) groups is 2. The van der Waals surface area contributed by atoms with E-state index in [4.69, 9.17) is 0 Å². The molecule has 0 fully saturated rings. The van der Waals surface area contributed by atoms with Crippen molar-refractivity contribution in [2.24, 2.45) is 0 Å². The normalized spacial score (nSPS) is 10.3. The van der Waals surface area contributed by atoms with Crippen LogP contribution in [0.5, 0.6) is 11.5 Å². The maximum absolute atomic E-state index is 12.2. The number of benzene rings is 1. The van der Waals surface area contributed by atoms with Crippen LogP contribution >= 0.6 is 0 Å². The standard InChI is InChI=1S/C13H17NO5/c1-8(2)14(7-12(17)19-3)13(18)9-4-10(15)6-11(16)5-9/h4-6,8,15-16H,7H2,1-3H3. The molecule has 0 aliphatic rings. The summed E-state index contributed by atoms with van der Waals surface area (Å²) in [5, 5.41) is 18.7. The number of rotatable bonds is 4. The van der Waals surface area contributed by atoms with Gasteiger partial charge in [-0.2, -0.15) is 0 Å². The molecule has 0 atom stereocenters. The number of ether oxygens (including phenoxy) is 1. The maximum atomic E-state index is 12.2. The highest BCUT2D eigenvalue weighted by molar-refractivity contribution is 5.96. The molecule has 0 aliphatic heterocycles. The lowest BCUT2D eigenvalue weighted by Gasteiger charge is -2.25. The molecule has 1 rings (SSSR count). The molecule has 0 bridgehead atoms. The van der Waals surface area contributed by atoms with Crippen LogP contribution in [0, 0.1) is 0 Å². The third-order valence-corrected chi connectivity index (χ3v) is 2.56. The molecule has 0 aromatic heterocycles. The van der Waals surface area contributed by atoms with Crippen LogP contribution in [-0.4, -0.2) is 46.7 Å². The van der Waals surface area contributed by atoms with Crippen LogP contribution in [0.3, 0.4) is 0 Å². The van der Waals surface area contributed by atoms with Crippen LogP contribution < -0.4 is 0 Å². The van der Waals surface area contributed by atoms with Crippen LogP contribution in [0.25, 0.3) is 0 Å². The lowest BCUT2D eigenvalue weighted by Crippen LogP contribution is -2.41. The summed E-state index contributed by atoms with van der Waals surface area (Å²) in [6, 6.07) is 3.36. The van der Waals surface area contributed by atoms with Crippen LogP contribution in [0.1, 0.15) is 24.2 Å². The molecule has 1 aromatic carbocycles. The minimum absolute atomic E-state index is 0.107. The number of hydrogen-bond donors (Lipinski definition) is 2. The molecule has 0 saturated heterocycles. The molecule has 2 N–H and O–H groups in total. The van der Waals surface area contributed by atoms with E-state index in [0.29, 0.717) is 0 Å². The first-order chi connectivity index (χ1) is 8.85. The molecule has 19 heavy (non-hydrogen) atoms. The maximum Gasteiger partial charge on any atom is 0.325 e. The highest BCUT2D eigenvalue weighted by Gasteiger charge is 2.22. The summed E-state index contributed by atoms with van der Waals surface area (Å²) < 4.78 is 4.53. The molecule has 1 amide bonds. The van der Waals surface area contributed by atoms with Crippen molar-refractivity contribution in [2.75, 3.05) is 13.7 Å². The Hall–Kier alpha value is -2.24. The molecule has 0 saturated carbocycles. The summed E-state index contributed by atoms with van der Waals surface area (Å²) in [4.78, 5) is 24.8. The van der Waals surface area contributed by atoms with Crippen LogP contribution in [0.15, 0.2) is 18.2 Å². The molecule has 0 radical (unpaired) electrons. The molecule has 6 heteroatoms. The second-order valence-corrected chi connectivity index (χ2v) is 4.34. The summed E-state index contributed by atoms with van der Waals surface area (Å²) in [5.41, 5.74) is 0.107. The van der Waals surface area contributed by atoms with Gasteiger partial charge in [-0.3, -0.25) is 9.59 Å². The fraction of sp³-hybridized carbons (Fsp3) is 0.385. The van der Waals surface area contributed by atoms with Crippen molar-refractivity contribution in [3.8, 4) is 11.5 Å². The van der Waals surface area contributed by atoms with Crippen molar-refractivity contribution in [2.45, 2.75) is 19.9 Å². The Labute approximate surface area is 111 Å². The highest BCUT2D eigenvalue weighted by Crippen LogP contribution is 2.22. The number of hydrogen-bond acceptors (Lipinski definition) is 5. The largest absolute Gasteiger partial charge is 0.508 e. The average molecular weight is 267 g/mol. The minimum atomic E-state index is -0.536. The topological polar surface area (TPSA) is 87.1 Å². The van der Waals surface area contributed by atoms with Gasteiger partial charge in [0, 0.05) is 17.7 Å². The number of amides is 1. The van der Waals surface area contributed by atoms with Crippen LogP contribution in [-0.2, 0) is 9.53 Å². The Bertz CT molecular complexity index is 464. The van der Waals surface area contributed by atoms with Gasteiger partial charge in [0.05, 0.1) is 7.11 Å². The SMILES string of the molecule is COC(=O)CN(C(=O)c1cc(O)cc(O)c1)C(C)C. The first-order valence-corrected chi connectivity index (χ1v) is 5.76. The number of esters is 1. The predicted molar refractivity (Wildman–Crippen MR) is 68.0 cm³/mol. The van der Waals surface area contributed by atoms with E-state index in [1.807, 2.05) is 0 Å². The Balaban J connectivity index is 3.02. The summed E-state index contributed by atoms with van der Waals surface area (Å²) >= 11 is 0. The Morgan fingerprint density at radius 1 is 1.21 bits per heavy atom. The van der Waals surface area contributed by atoms with Crippen LogP contribution in [0.4, 0.5) is 0 Å². The van der Waals surface area contributed by atoms with Gasteiger partial charge in [-0.15, -0.1) is 0 Å². The third-order valence-electron chi connectivity index (χ3n) is 2.56. The van der Waals surface area contributed by atoms with Crippen molar-refractivity contribution in [1.29, 1.82) is 0 Å². The van der Waals surface area contributed by atoms with E-state index in [2.05, 4.69) is 4.74 Å². The number of aromatic hydroxyl groups is 2. The van der Waals surface area contributed by atoms with Crippen molar-refractivity contribution in [3.05, 3.63) is 23.8 Å².